The van der Waals surface area contributed by atoms with Crippen LogP contribution < -0.4 is 5.46 Å². The molecule has 0 saturated carbocycles. The third-order valence-corrected chi connectivity index (χ3v) is 3.09. The van der Waals surface area contributed by atoms with Crippen LogP contribution in [0.4, 0.5) is 39.5 Å². The zero-order chi connectivity index (χ0) is 19.1. The van der Waals surface area contributed by atoms with Gasteiger partial charge in [-0.2, -0.15) is 39.5 Å². The van der Waals surface area contributed by atoms with Crippen molar-refractivity contribution in [2.45, 2.75) is 24.1 Å². The Morgan fingerprint density at radius 1 is 0.792 bits per heavy atom. The van der Waals surface area contributed by atoms with Crippen molar-refractivity contribution in [1.29, 1.82) is 0 Å². The third kappa shape index (κ3) is 3.47. The van der Waals surface area contributed by atoms with Gasteiger partial charge in [-0.1, -0.05) is 12.1 Å². The van der Waals surface area contributed by atoms with Crippen molar-refractivity contribution >= 4 is 12.6 Å². The van der Waals surface area contributed by atoms with E-state index in [1.165, 1.54) is 0 Å². The van der Waals surface area contributed by atoms with Crippen LogP contribution in [0.25, 0.3) is 0 Å². The summed E-state index contributed by atoms with van der Waals surface area (Å²) in [5, 5.41) is 17.7. The molecule has 3 nitrogen and oxygen atoms in total. The molecule has 0 atom stereocenters. The number of ether oxygens (including phenoxy) is 1. The average Bonchev–Trinajstić information content (AvgIpc) is 2.35. The largest absolute Gasteiger partial charge is 0.488 e. The molecule has 0 aliphatic rings. The number of hydrogen-bond donors (Lipinski definition) is 2. The van der Waals surface area contributed by atoms with Crippen LogP contribution in [0.2, 0.25) is 0 Å². The maximum absolute atomic E-state index is 13.1. The molecule has 0 heterocycles. The first-order valence-corrected chi connectivity index (χ1v) is 5.85. The number of benzene rings is 1. The van der Waals surface area contributed by atoms with Gasteiger partial charge in [-0.25, -0.2) is 0 Å². The fourth-order valence-corrected chi connectivity index (χ4v) is 2.00. The van der Waals surface area contributed by atoms with Gasteiger partial charge in [0.25, 0.3) is 5.60 Å². The van der Waals surface area contributed by atoms with Gasteiger partial charge in [0.15, 0.2) is 0 Å². The van der Waals surface area contributed by atoms with E-state index in [0.717, 1.165) is 0 Å². The average molecular weight is 370 g/mol. The first-order chi connectivity index (χ1) is 10.6. The van der Waals surface area contributed by atoms with Crippen molar-refractivity contribution in [2.24, 2.45) is 0 Å². The Labute approximate surface area is 128 Å². The zero-order valence-electron chi connectivity index (χ0n) is 11.5. The summed E-state index contributed by atoms with van der Waals surface area (Å²) in [6, 6.07) is -0.456. The molecule has 1 rings (SSSR count). The molecule has 13 heteroatoms. The lowest BCUT2D eigenvalue weighted by atomic mass is 9.76. The molecule has 1 aromatic rings. The van der Waals surface area contributed by atoms with E-state index in [-0.39, 0.29) is 19.2 Å². The van der Waals surface area contributed by atoms with Crippen LogP contribution in [-0.4, -0.2) is 36.6 Å². The third-order valence-electron chi connectivity index (χ3n) is 3.09. The normalized spacial score (nSPS) is 14.0. The first-order valence-electron chi connectivity index (χ1n) is 5.85. The van der Waals surface area contributed by atoms with Gasteiger partial charge in [0.05, 0.1) is 5.56 Å². The molecule has 0 fully saturated rings. The Balaban J connectivity index is 3.87. The Hall–Kier alpha value is -1.47. The molecular weight excluding hydrogens is 362 g/mol. The molecule has 0 unspecified atom stereocenters. The summed E-state index contributed by atoms with van der Waals surface area (Å²) < 4.78 is 120. The van der Waals surface area contributed by atoms with E-state index in [1.807, 2.05) is 0 Å². The number of hydrogen-bond acceptors (Lipinski definition) is 3. The highest BCUT2D eigenvalue weighted by atomic mass is 19.4. The van der Waals surface area contributed by atoms with Crippen LogP contribution >= 0.6 is 0 Å². The van der Waals surface area contributed by atoms with E-state index in [0.29, 0.717) is 0 Å². The van der Waals surface area contributed by atoms with Gasteiger partial charge in [-0.3, -0.25) is 0 Å². The van der Waals surface area contributed by atoms with Gasteiger partial charge in [-0.05, 0) is 11.5 Å². The van der Waals surface area contributed by atoms with E-state index in [9.17, 15) is 39.5 Å². The molecule has 24 heavy (non-hydrogen) atoms. The predicted molar refractivity (Wildman–Crippen MR) is 62.1 cm³/mol. The lowest BCUT2D eigenvalue weighted by Gasteiger charge is -2.36. The Morgan fingerprint density at radius 2 is 1.21 bits per heavy atom. The van der Waals surface area contributed by atoms with Gasteiger partial charge < -0.3 is 14.8 Å². The second-order valence-electron chi connectivity index (χ2n) is 4.60. The number of rotatable bonds is 3. The highest BCUT2D eigenvalue weighted by Crippen LogP contribution is 2.52. The minimum atomic E-state index is -6.18. The lowest BCUT2D eigenvalue weighted by Crippen LogP contribution is -2.56. The van der Waals surface area contributed by atoms with Gasteiger partial charge >= 0.3 is 25.6 Å². The monoisotopic (exact) mass is 370 g/mol. The standard InChI is InChI=1S/C11H8BF9O3/c1-24-8(10(16,17)18,11(19,20)21)5-2-6(9(13,14)15)4-7(3-5)12(22)23/h2-4,22-23H,1H3. The van der Waals surface area contributed by atoms with Crippen molar-refractivity contribution in [2.75, 3.05) is 7.11 Å². The summed E-state index contributed by atoms with van der Waals surface area (Å²) in [6.45, 7) is 0. The second kappa shape index (κ2) is 6.12. The minimum absolute atomic E-state index is 0.0152. The number of alkyl halides is 9. The smallest absolute Gasteiger partial charge is 0.423 e. The molecular formula is C11H8BF9O3. The van der Waals surface area contributed by atoms with Crippen LogP contribution in [-0.2, 0) is 16.5 Å². The highest BCUT2D eigenvalue weighted by Gasteiger charge is 2.73. The fraction of sp³-hybridized carbons (Fsp3) is 0.455. The molecule has 0 bridgehead atoms. The number of halogens is 9. The summed E-state index contributed by atoms with van der Waals surface area (Å²) in [5.74, 6) is 0. The molecule has 2 N–H and O–H groups in total. The van der Waals surface area contributed by atoms with Crippen LogP contribution in [0.3, 0.4) is 0 Å². The molecule has 0 amide bonds. The van der Waals surface area contributed by atoms with Crippen molar-refractivity contribution < 1.29 is 54.3 Å². The fourth-order valence-electron chi connectivity index (χ4n) is 2.00. The van der Waals surface area contributed by atoms with Gasteiger partial charge in [-0.15, -0.1) is 0 Å². The number of methoxy groups -OCH3 is 1. The predicted octanol–water partition coefficient (Wildman–Crippen LogP) is 2.35. The van der Waals surface area contributed by atoms with Gasteiger partial charge in [0, 0.05) is 12.7 Å². The Morgan fingerprint density at radius 3 is 1.50 bits per heavy atom. The Bertz CT molecular complexity index is 578. The summed E-state index contributed by atoms with van der Waals surface area (Å²) in [4.78, 5) is 0. The quantitative estimate of drug-likeness (QED) is 0.635. The van der Waals surface area contributed by atoms with Gasteiger partial charge in [0.1, 0.15) is 0 Å². The lowest BCUT2D eigenvalue weighted by molar-refractivity contribution is -0.383. The molecule has 1 aromatic carbocycles. The van der Waals surface area contributed by atoms with E-state index in [1.54, 1.807) is 0 Å². The van der Waals surface area contributed by atoms with Crippen molar-refractivity contribution in [3.63, 3.8) is 0 Å². The van der Waals surface area contributed by atoms with E-state index < -0.39 is 53.9 Å². The van der Waals surface area contributed by atoms with E-state index in [2.05, 4.69) is 4.74 Å². The van der Waals surface area contributed by atoms with E-state index in [4.69, 9.17) is 10.0 Å². The molecule has 0 radical (unpaired) electrons. The molecule has 0 saturated heterocycles. The SMILES string of the molecule is COC(c1cc(B(O)O)cc(C(F)(F)F)c1)(C(F)(F)F)C(F)(F)F. The Kier molecular flexibility index (Phi) is 5.24. The van der Waals surface area contributed by atoms with Crippen molar-refractivity contribution in [1.82, 2.24) is 0 Å². The molecule has 136 valence electrons. The molecule has 0 aliphatic heterocycles. The van der Waals surface area contributed by atoms with E-state index >= 15 is 0 Å². The molecule has 0 spiro atoms. The van der Waals surface area contributed by atoms with Crippen LogP contribution in [0, 0.1) is 0 Å². The summed E-state index contributed by atoms with van der Waals surface area (Å²) in [7, 11) is -2.71. The topological polar surface area (TPSA) is 49.7 Å². The summed E-state index contributed by atoms with van der Waals surface area (Å²) >= 11 is 0. The van der Waals surface area contributed by atoms with Crippen LogP contribution in [0.5, 0.6) is 0 Å². The first kappa shape index (κ1) is 20.6. The molecule has 0 aliphatic carbocycles. The second-order valence-corrected chi connectivity index (χ2v) is 4.60. The summed E-state index contributed by atoms with van der Waals surface area (Å²) in [5.41, 5.74) is -10.2. The van der Waals surface area contributed by atoms with Crippen LogP contribution in [0.15, 0.2) is 18.2 Å². The molecule has 0 aromatic heterocycles. The zero-order valence-corrected chi connectivity index (χ0v) is 11.5. The van der Waals surface area contributed by atoms with Crippen molar-refractivity contribution in [3.05, 3.63) is 29.3 Å². The van der Waals surface area contributed by atoms with Crippen LogP contribution in [0.1, 0.15) is 11.1 Å². The summed E-state index contributed by atoms with van der Waals surface area (Å²) in [6.07, 6.45) is -17.7. The minimum Gasteiger partial charge on any atom is -0.423 e. The highest BCUT2D eigenvalue weighted by molar-refractivity contribution is 6.58. The maximum atomic E-state index is 13.1. The maximum Gasteiger partial charge on any atom is 0.488 e. The van der Waals surface area contributed by atoms with Crippen molar-refractivity contribution in [3.8, 4) is 0 Å². The van der Waals surface area contributed by atoms with Gasteiger partial charge in [0.2, 0.25) is 0 Å².